The van der Waals surface area contributed by atoms with E-state index in [0.717, 1.165) is 30.0 Å². The van der Waals surface area contributed by atoms with Crippen LogP contribution in [0.1, 0.15) is 23.9 Å². The minimum atomic E-state index is -2.83. The number of nitrogens with zero attached hydrogens (tertiary/aromatic N) is 2. The number of rotatable bonds is 3. The Morgan fingerprint density at radius 3 is 2.72 bits per heavy atom. The third-order valence-corrected chi connectivity index (χ3v) is 5.43. The second-order valence-corrected chi connectivity index (χ2v) is 7.28. The lowest BCUT2D eigenvalue weighted by atomic mass is 10.1. The average Bonchev–Trinajstić information content (AvgIpc) is 2.57. The molecular weight excluding hydrogens is 252 g/mol. The Kier molecular flexibility index (Phi) is 3.77. The van der Waals surface area contributed by atoms with Gasteiger partial charge in [0.2, 0.25) is 0 Å². The molecule has 0 saturated carbocycles. The molecule has 0 radical (unpaired) electrons. The number of sulfone groups is 1. The molecule has 2 rings (SSSR count). The van der Waals surface area contributed by atoms with Gasteiger partial charge in [-0.25, -0.2) is 8.42 Å². The van der Waals surface area contributed by atoms with Gasteiger partial charge in [0.05, 0.1) is 17.2 Å². The average molecular weight is 272 g/mol. The predicted octanol–water partition coefficient (Wildman–Crippen LogP) is 0.953. The molecule has 1 aromatic heterocycles. The van der Waals surface area contributed by atoms with Crippen molar-refractivity contribution in [3.8, 4) is 0 Å². The topological polar surface area (TPSA) is 63.4 Å². The molecule has 1 aliphatic heterocycles. The Morgan fingerprint density at radius 2 is 2.17 bits per heavy atom. The molecule has 0 N–H and O–H groups in total. The van der Waals surface area contributed by atoms with E-state index in [1.165, 1.54) is 0 Å². The molecule has 0 aliphatic carbocycles. The standard InChI is InChI=1S/C12H20N2O3S/c1-9-8-18(15,16)7-6-14(9)5-4-12-10(2)13-17-11(12)3/h9H,4-8H2,1-3H3. The van der Waals surface area contributed by atoms with Crippen LogP contribution in [0, 0.1) is 13.8 Å². The highest BCUT2D eigenvalue weighted by Crippen LogP contribution is 2.16. The van der Waals surface area contributed by atoms with Gasteiger partial charge in [0.25, 0.3) is 0 Å². The SMILES string of the molecule is Cc1noc(C)c1CCN1CCS(=O)(=O)CC1C. The maximum atomic E-state index is 11.5. The fraction of sp³-hybridized carbons (Fsp3) is 0.750. The molecule has 1 unspecified atom stereocenters. The first-order chi connectivity index (χ1) is 8.39. The van der Waals surface area contributed by atoms with Gasteiger partial charge in [-0.05, 0) is 27.2 Å². The fourth-order valence-corrected chi connectivity index (χ4v) is 4.10. The summed E-state index contributed by atoms with van der Waals surface area (Å²) in [5.41, 5.74) is 2.08. The zero-order chi connectivity index (χ0) is 13.3. The Bertz CT molecular complexity index is 502. The van der Waals surface area contributed by atoms with Crippen molar-refractivity contribution in [3.63, 3.8) is 0 Å². The van der Waals surface area contributed by atoms with Crippen molar-refractivity contribution in [2.75, 3.05) is 24.6 Å². The van der Waals surface area contributed by atoms with E-state index in [1.54, 1.807) is 0 Å². The zero-order valence-corrected chi connectivity index (χ0v) is 12.0. The molecule has 5 nitrogen and oxygen atoms in total. The lowest BCUT2D eigenvalue weighted by Crippen LogP contribution is -2.47. The van der Waals surface area contributed by atoms with E-state index >= 15 is 0 Å². The second kappa shape index (κ2) is 5.01. The maximum absolute atomic E-state index is 11.5. The van der Waals surface area contributed by atoms with E-state index < -0.39 is 9.84 Å². The highest BCUT2D eigenvalue weighted by molar-refractivity contribution is 7.91. The zero-order valence-electron chi connectivity index (χ0n) is 11.1. The van der Waals surface area contributed by atoms with Gasteiger partial charge in [-0.1, -0.05) is 5.16 Å². The van der Waals surface area contributed by atoms with Gasteiger partial charge in [-0.3, -0.25) is 4.90 Å². The van der Waals surface area contributed by atoms with E-state index in [4.69, 9.17) is 4.52 Å². The van der Waals surface area contributed by atoms with Crippen molar-refractivity contribution in [2.24, 2.45) is 0 Å². The molecule has 1 aromatic rings. The highest BCUT2D eigenvalue weighted by atomic mass is 32.2. The van der Waals surface area contributed by atoms with Crippen LogP contribution in [0.2, 0.25) is 0 Å². The molecule has 2 heterocycles. The van der Waals surface area contributed by atoms with Gasteiger partial charge in [-0.15, -0.1) is 0 Å². The quantitative estimate of drug-likeness (QED) is 0.820. The summed E-state index contributed by atoms with van der Waals surface area (Å²) in [4.78, 5) is 2.23. The third kappa shape index (κ3) is 2.92. The van der Waals surface area contributed by atoms with E-state index in [9.17, 15) is 8.42 Å². The van der Waals surface area contributed by atoms with Crippen LogP contribution in [0.5, 0.6) is 0 Å². The summed E-state index contributed by atoms with van der Waals surface area (Å²) in [5.74, 6) is 1.41. The lowest BCUT2D eigenvalue weighted by Gasteiger charge is -2.32. The van der Waals surface area contributed by atoms with Crippen LogP contribution in [0.25, 0.3) is 0 Å². The van der Waals surface area contributed by atoms with Gasteiger partial charge in [0.1, 0.15) is 5.76 Å². The Labute approximate surface area is 108 Å². The molecular formula is C12H20N2O3S. The fourth-order valence-electron chi connectivity index (χ4n) is 2.48. The number of aromatic nitrogens is 1. The van der Waals surface area contributed by atoms with E-state index in [-0.39, 0.29) is 17.5 Å². The molecule has 1 atom stereocenters. The molecule has 1 saturated heterocycles. The van der Waals surface area contributed by atoms with Crippen LogP contribution in [0.15, 0.2) is 4.52 Å². The van der Waals surface area contributed by atoms with Crippen molar-refractivity contribution in [1.82, 2.24) is 10.1 Å². The van der Waals surface area contributed by atoms with E-state index in [2.05, 4.69) is 10.1 Å². The molecule has 0 aromatic carbocycles. The smallest absolute Gasteiger partial charge is 0.153 e. The van der Waals surface area contributed by atoms with Crippen LogP contribution in [-0.4, -0.2) is 49.1 Å². The van der Waals surface area contributed by atoms with Crippen LogP contribution >= 0.6 is 0 Å². The van der Waals surface area contributed by atoms with Crippen molar-refractivity contribution in [1.29, 1.82) is 0 Å². The number of hydrogen-bond acceptors (Lipinski definition) is 5. The van der Waals surface area contributed by atoms with Crippen molar-refractivity contribution < 1.29 is 12.9 Å². The van der Waals surface area contributed by atoms with Gasteiger partial charge >= 0.3 is 0 Å². The number of aryl methyl sites for hydroxylation is 2. The predicted molar refractivity (Wildman–Crippen MR) is 69.4 cm³/mol. The molecule has 0 amide bonds. The van der Waals surface area contributed by atoms with Crippen molar-refractivity contribution >= 4 is 9.84 Å². The molecule has 0 bridgehead atoms. The second-order valence-electron chi connectivity index (χ2n) is 5.05. The van der Waals surface area contributed by atoms with Gasteiger partial charge in [-0.2, -0.15) is 0 Å². The monoisotopic (exact) mass is 272 g/mol. The number of hydrogen-bond donors (Lipinski definition) is 0. The van der Waals surface area contributed by atoms with Crippen LogP contribution in [0.4, 0.5) is 0 Å². The third-order valence-electron chi connectivity index (χ3n) is 3.64. The van der Waals surface area contributed by atoms with Gasteiger partial charge in [0.15, 0.2) is 9.84 Å². The maximum Gasteiger partial charge on any atom is 0.153 e. The summed E-state index contributed by atoms with van der Waals surface area (Å²) < 4.78 is 28.1. The Morgan fingerprint density at radius 1 is 1.44 bits per heavy atom. The molecule has 1 aliphatic rings. The Balaban J connectivity index is 1.96. The molecule has 18 heavy (non-hydrogen) atoms. The first kappa shape index (κ1) is 13.5. The summed E-state index contributed by atoms with van der Waals surface area (Å²) in [5, 5.41) is 3.93. The van der Waals surface area contributed by atoms with E-state index in [1.807, 2.05) is 20.8 Å². The minimum absolute atomic E-state index is 0.101. The largest absolute Gasteiger partial charge is 0.361 e. The lowest BCUT2D eigenvalue weighted by molar-refractivity contribution is 0.229. The summed E-state index contributed by atoms with van der Waals surface area (Å²) >= 11 is 0. The van der Waals surface area contributed by atoms with Crippen LogP contribution < -0.4 is 0 Å². The molecule has 0 spiro atoms. The summed E-state index contributed by atoms with van der Waals surface area (Å²) in [6.07, 6.45) is 0.867. The molecule has 102 valence electrons. The van der Waals surface area contributed by atoms with Crippen molar-refractivity contribution in [3.05, 3.63) is 17.0 Å². The molecule has 6 heteroatoms. The van der Waals surface area contributed by atoms with Crippen molar-refractivity contribution in [2.45, 2.75) is 33.2 Å². The van der Waals surface area contributed by atoms with Crippen LogP contribution in [0.3, 0.4) is 0 Å². The minimum Gasteiger partial charge on any atom is -0.361 e. The van der Waals surface area contributed by atoms with Gasteiger partial charge < -0.3 is 4.52 Å². The van der Waals surface area contributed by atoms with Gasteiger partial charge in [0, 0.05) is 24.7 Å². The van der Waals surface area contributed by atoms with Crippen LogP contribution in [-0.2, 0) is 16.3 Å². The summed E-state index contributed by atoms with van der Waals surface area (Å²) in [6.45, 7) is 7.33. The van der Waals surface area contributed by atoms with E-state index in [0.29, 0.717) is 6.54 Å². The summed E-state index contributed by atoms with van der Waals surface area (Å²) in [6, 6.07) is 0.101. The molecule has 1 fully saturated rings. The highest BCUT2D eigenvalue weighted by Gasteiger charge is 2.27. The first-order valence-corrected chi connectivity index (χ1v) is 8.07. The normalized spacial score (nSPS) is 24.3. The first-order valence-electron chi connectivity index (χ1n) is 6.25. The Hall–Kier alpha value is -0.880. The summed E-state index contributed by atoms with van der Waals surface area (Å²) in [7, 11) is -2.83.